The summed E-state index contributed by atoms with van der Waals surface area (Å²) >= 11 is 0. The normalized spacial score (nSPS) is 53.4. The van der Waals surface area contributed by atoms with Gasteiger partial charge in [0.2, 0.25) is 0 Å². The SMILES string of the molecule is C/C=C(/C)C(=O)O[C@H]1[C@H]2O[C@@H]3[C@H](O)[C@]4(C)C(=CC[C@@H]5[C@@]6(C)CC[C@@H](O[C@@H]7O[C@H](C(=O)O)[C@@H](O)[C@H](O)[C@H]7O)C(C)(C)[C@@H]6CC[C@]54C)[C@H](C[C@@]2(C)CO)[C@@]31CO. The van der Waals surface area contributed by atoms with Crippen LogP contribution in [0, 0.1) is 50.2 Å². The number of allylic oxidation sites excluding steroid dienone is 2. The van der Waals surface area contributed by atoms with Crippen molar-refractivity contribution in [1.82, 2.24) is 0 Å². The summed E-state index contributed by atoms with van der Waals surface area (Å²) in [6.07, 6.45) is -4.25. The molecule has 54 heavy (non-hydrogen) atoms. The van der Waals surface area contributed by atoms with Gasteiger partial charge in [-0.05, 0) is 86.4 Å². The molecule has 18 atom stereocenters. The first-order valence-corrected chi connectivity index (χ1v) is 19.8. The van der Waals surface area contributed by atoms with Crippen LogP contribution in [0.3, 0.4) is 0 Å². The zero-order valence-corrected chi connectivity index (χ0v) is 32.9. The molecule has 2 saturated heterocycles. The van der Waals surface area contributed by atoms with Gasteiger partial charge in [0, 0.05) is 16.4 Å². The van der Waals surface area contributed by atoms with Crippen molar-refractivity contribution in [3.63, 3.8) is 0 Å². The Balaban J connectivity index is 1.23. The van der Waals surface area contributed by atoms with Crippen molar-refractivity contribution >= 4 is 11.9 Å². The second-order valence-corrected chi connectivity index (χ2v) is 19.4. The van der Waals surface area contributed by atoms with E-state index in [1.54, 1.807) is 19.9 Å². The monoisotopic (exact) mass is 762 g/mol. The minimum absolute atomic E-state index is 0.118. The third-order valence-electron chi connectivity index (χ3n) is 17.0. The first kappa shape index (κ1) is 40.3. The van der Waals surface area contributed by atoms with Crippen molar-refractivity contribution in [2.45, 2.75) is 155 Å². The molecule has 7 N–H and O–H groups in total. The van der Waals surface area contributed by atoms with E-state index in [2.05, 4.69) is 40.7 Å². The molecule has 13 nitrogen and oxygen atoms in total. The van der Waals surface area contributed by atoms with E-state index in [-0.39, 0.29) is 36.4 Å². The predicted molar refractivity (Wildman–Crippen MR) is 192 cm³/mol. The number of carbonyl (C=O) groups excluding carboxylic acids is 1. The quantitative estimate of drug-likeness (QED) is 0.0861. The van der Waals surface area contributed by atoms with Gasteiger partial charge in [0.05, 0.1) is 36.9 Å². The first-order valence-electron chi connectivity index (χ1n) is 19.8. The van der Waals surface area contributed by atoms with Gasteiger partial charge in [0.15, 0.2) is 12.4 Å². The molecule has 4 saturated carbocycles. The fraction of sp³-hybridized carbons (Fsp3) is 0.854. The molecule has 0 aromatic carbocycles. The lowest BCUT2D eigenvalue weighted by molar-refractivity contribution is -0.325. The summed E-state index contributed by atoms with van der Waals surface area (Å²) in [6.45, 7) is 15.9. The third kappa shape index (κ3) is 5.01. The maximum Gasteiger partial charge on any atom is 0.335 e. The molecule has 0 amide bonds. The standard InChI is InChI=1S/C41H62O13/c1-9-19(2)34(50)54-32-31-37(5,17-42)16-21-20-10-11-23-38(6)14-13-24(51-35-27(46)25(44)26(45)28(52-35)33(48)49)36(3,4)22(38)12-15-39(23,7)40(20,8)29(47)30(53-31)41(21,32)18-43/h9-10,21-32,35,42-47H,11-18H2,1-8H3,(H,48,49)/b19-9-/t21-,22-,23+,24+,25-,26-,27+,28-,29-,30+,31+,32-,35+,37-,38-,39+,40-,41-/m0/s1. The minimum atomic E-state index is -1.80. The van der Waals surface area contributed by atoms with Crippen molar-refractivity contribution in [3.05, 3.63) is 23.3 Å². The van der Waals surface area contributed by atoms with Crippen LogP contribution in [0.5, 0.6) is 0 Å². The molecule has 0 radical (unpaired) electrons. The van der Waals surface area contributed by atoms with Gasteiger partial charge in [-0.1, -0.05) is 59.3 Å². The van der Waals surface area contributed by atoms with Crippen LogP contribution in [0.4, 0.5) is 0 Å². The average molecular weight is 763 g/mol. The van der Waals surface area contributed by atoms with E-state index in [4.69, 9.17) is 18.9 Å². The molecule has 7 rings (SSSR count). The predicted octanol–water partition coefficient (Wildman–Crippen LogP) is 2.48. The average Bonchev–Trinajstić information content (AvgIpc) is 3.41. The number of carboxylic acids is 1. The van der Waals surface area contributed by atoms with Gasteiger partial charge in [-0.25, -0.2) is 9.59 Å². The highest BCUT2D eigenvalue weighted by atomic mass is 16.7. The molecule has 0 unspecified atom stereocenters. The molecular weight excluding hydrogens is 700 g/mol. The van der Waals surface area contributed by atoms with E-state index in [0.717, 1.165) is 31.3 Å². The summed E-state index contributed by atoms with van der Waals surface area (Å²) in [4.78, 5) is 25.1. The van der Waals surface area contributed by atoms with E-state index < -0.39 is 100 Å². The minimum Gasteiger partial charge on any atom is -0.479 e. The van der Waals surface area contributed by atoms with E-state index in [0.29, 0.717) is 18.4 Å². The fourth-order valence-corrected chi connectivity index (χ4v) is 13.6. The van der Waals surface area contributed by atoms with Crippen LogP contribution in [0.2, 0.25) is 0 Å². The van der Waals surface area contributed by atoms with Gasteiger partial charge >= 0.3 is 11.9 Å². The molecule has 13 heteroatoms. The van der Waals surface area contributed by atoms with Gasteiger partial charge in [-0.15, -0.1) is 0 Å². The molecule has 2 aliphatic heterocycles. The molecule has 6 fully saturated rings. The second kappa shape index (κ2) is 13.0. The van der Waals surface area contributed by atoms with Crippen LogP contribution in [-0.4, -0.2) is 122 Å². The summed E-state index contributed by atoms with van der Waals surface area (Å²) < 4.78 is 25.0. The molecule has 2 heterocycles. The Morgan fingerprint density at radius 2 is 1.59 bits per heavy atom. The van der Waals surface area contributed by atoms with Gasteiger partial charge in [0.1, 0.15) is 30.5 Å². The summed E-state index contributed by atoms with van der Waals surface area (Å²) in [6, 6.07) is 0. The van der Waals surface area contributed by atoms with Gasteiger partial charge in [0.25, 0.3) is 0 Å². The van der Waals surface area contributed by atoms with E-state index >= 15 is 0 Å². The number of esters is 1. The zero-order chi connectivity index (χ0) is 39.7. The first-order chi connectivity index (χ1) is 25.1. The van der Waals surface area contributed by atoms with E-state index in [1.165, 1.54) is 0 Å². The number of carbonyl (C=O) groups is 2. The van der Waals surface area contributed by atoms with Crippen LogP contribution in [0.1, 0.15) is 93.9 Å². The van der Waals surface area contributed by atoms with E-state index in [1.807, 2.05) is 6.92 Å². The highest BCUT2D eigenvalue weighted by Crippen LogP contribution is 2.77. The van der Waals surface area contributed by atoms with Crippen molar-refractivity contribution in [2.24, 2.45) is 50.2 Å². The molecule has 0 aromatic rings. The maximum atomic E-state index is 13.3. The molecule has 304 valence electrons. The number of aliphatic carboxylic acids is 1. The number of hydrogen-bond donors (Lipinski definition) is 7. The molecule has 7 aliphatic rings. The molecule has 0 spiro atoms. The molecule has 5 aliphatic carbocycles. The Kier molecular flexibility index (Phi) is 9.72. The second-order valence-electron chi connectivity index (χ2n) is 19.4. The molecule has 2 bridgehead atoms. The van der Waals surface area contributed by atoms with Gasteiger partial charge in [-0.2, -0.15) is 0 Å². The summed E-state index contributed by atoms with van der Waals surface area (Å²) in [5, 5.41) is 76.2. The topological polar surface area (TPSA) is 213 Å². The van der Waals surface area contributed by atoms with Gasteiger partial charge in [-0.3, -0.25) is 0 Å². The Morgan fingerprint density at radius 1 is 0.907 bits per heavy atom. The smallest absolute Gasteiger partial charge is 0.335 e. The van der Waals surface area contributed by atoms with Crippen molar-refractivity contribution in [2.75, 3.05) is 13.2 Å². The van der Waals surface area contributed by atoms with Crippen molar-refractivity contribution in [1.29, 1.82) is 0 Å². The summed E-state index contributed by atoms with van der Waals surface area (Å²) in [7, 11) is 0. The fourth-order valence-electron chi connectivity index (χ4n) is 13.6. The Hall–Kier alpha value is -1.94. The number of fused-ring (bicyclic) bond motifs is 7. The number of ether oxygens (including phenoxy) is 4. The lowest BCUT2D eigenvalue weighted by Gasteiger charge is -2.72. The van der Waals surface area contributed by atoms with Crippen LogP contribution in [-0.2, 0) is 28.5 Å². The number of aliphatic hydroxyl groups excluding tert-OH is 6. The van der Waals surface area contributed by atoms with Crippen LogP contribution < -0.4 is 0 Å². The van der Waals surface area contributed by atoms with Crippen LogP contribution in [0.15, 0.2) is 23.3 Å². The number of rotatable bonds is 7. The number of hydrogen-bond acceptors (Lipinski definition) is 12. The lowest BCUT2D eigenvalue weighted by atomic mass is 9.33. The zero-order valence-electron chi connectivity index (χ0n) is 32.9. The Bertz CT molecular complexity index is 1590. The third-order valence-corrected chi connectivity index (χ3v) is 17.0. The lowest BCUT2D eigenvalue weighted by Crippen LogP contribution is -2.72. The molecular formula is C41H62O13. The highest BCUT2D eigenvalue weighted by Gasteiger charge is 2.79. The van der Waals surface area contributed by atoms with Crippen LogP contribution >= 0.6 is 0 Å². The maximum absolute atomic E-state index is 13.3. The van der Waals surface area contributed by atoms with Crippen molar-refractivity contribution in [3.8, 4) is 0 Å². The highest BCUT2D eigenvalue weighted by molar-refractivity contribution is 5.87. The van der Waals surface area contributed by atoms with Gasteiger partial charge < -0.3 is 54.7 Å². The summed E-state index contributed by atoms with van der Waals surface area (Å²) in [5.74, 6) is -2.05. The number of carboxylic acid groups (broad SMARTS) is 1. The Labute approximate surface area is 317 Å². The van der Waals surface area contributed by atoms with E-state index in [9.17, 15) is 45.3 Å². The number of aliphatic hydroxyl groups is 6. The van der Waals surface area contributed by atoms with Crippen molar-refractivity contribution < 1.29 is 64.3 Å². The Morgan fingerprint density at radius 3 is 2.20 bits per heavy atom. The van der Waals surface area contributed by atoms with Crippen LogP contribution in [0.25, 0.3) is 0 Å². The molecule has 0 aromatic heterocycles. The summed E-state index contributed by atoms with van der Waals surface area (Å²) in [5.41, 5.74) is -2.31. The largest absolute Gasteiger partial charge is 0.479 e.